The Balaban J connectivity index is 1.95. The van der Waals surface area contributed by atoms with E-state index in [4.69, 9.17) is 4.74 Å². The quantitative estimate of drug-likeness (QED) is 0.899. The molecule has 1 aromatic carbocycles. The van der Waals surface area contributed by atoms with Crippen molar-refractivity contribution in [2.45, 2.75) is 33.4 Å². The van der Waals surface area contributed by atoms with Gasteiger partial charge in [-0.15, -0.1) is 0 Å². The molecule has 0 unspecified atom stereocenters. The first-order valence-corrected chi connectivity index (χ1v) is 6.47. The molecule has 19 heavy (non-hydrogen) atoms. The Morgan fingerprint density at radius 2 is 2.16 bits per heavy atom. The van der Waals surface area contributed by atoms with E-state index in [9.17, 15) is 5.11 Å². The Morgan fingerprint density at radius 1 is 1.37 bits per heavy atom. The molecule has 0 saturated heterocycles. The molecule has 0 aliphatic carbocycles. The first kappa shape index (κ1) is 13.6. The molecule has 4 nitrogen and oxygen atoms in total. The van der Waals surface area contributed by atoms with Gasteiger partial charge in [-0.2, -0.15) is 0 Å². The van der Waals surface area contributed by atoms with E-state index in [1.807, 2.05) is 38.2 Å². The standard InChI is InChI=1S/C15H20N2O2/c1-11-10-14(12(2)18)4-5-15(11)19-9-8-17-7-6-16-13(17)3/h4-7,10,12,18H,8-9H2,1-3H3/t12-/m1/s1. The van der Waals surface area contributed by atoms with Crippen LogP contribution in [0.4, 0.5) is 0 Å². The van der Waals surface area contributed by atoms with Crippen molar-refractivity contribution in [2.24, 2.45) is 0 Å². The second-order valence-corrected chi connectivity index (χ2v) is 4.72. The van der Waals surface area contributed by atoms with Crippen molar-refractivity contribution in [2.75, 3.05) is 6.61 Å². The monoisotopic (exact) mass is 260 g/mol. The average Bonchev–Trinajstić information content (AvgIpc) is 2.77. The van der Waals surface area contributed by atoms with Crippen LogP contribution in [-0.4, -0.2) is 21.3 Å². The molecular formula is C15H20N2O2. The fourth-order valence-corrected chi connectivity index (χ4v) is 1.99. The van der Waals surface area contributed by atoms with Gasteiger partial charge in [0.15, 0.2) is 0 Å². The molecule has 1 heterocycles. The molecule has 0 saturated carbocycles. The third kappa shape index (κ3) is 3.35. The number of aliphatic hydroxyl groups is 1. The summed E-state index contributed by atoms with van der Waals surface area (Å²) in [5.74, 6) is 1.85. The van der Waals surface area contributed by atoms with E-state index in [2.05, 4.69) is 9.55 Å². The van der Waals surface area contributed by atoms with Crippen molar-refractivity contribution in [1.82, 2.24) is 9.55 Å². The highest BCUT2D eigenvalue weighted by atomic mass is 16.5. The number of nitrogens with zero attached hydrogens (tertiary/aromatic N) is 2. The summed E-state index contributed by atoms with van der Waals surface area (Å²) in [4.78, 5) is 4.17. The summed E-state index contributed by atoms with van der Waals surface area (Å²) < 4.78 is 7.82. The van der Waals surface area contributed by atoms with Crippen LogP contribution in [0.15, 0.2) is 30.6 Å². The van der Waals surface area contributed by atoms with Crippen molar-refractivity contribution >= 4 is 0 Å². The number of hydrogen-bond acceptors (Lipinski definition) is 3. The molecule has 0 bridgehead atoms. The molecule has 4 heteroatoms. The molecule has 1 atom stereocenters. The van der Waals surface area contributed by atoms with Crippen molar-refractivity contribution in [3.8, 4) is 5.75 Å². The van der Waals surface area contributed by atoms with Crippen LogP contribution in [0.25, 0.3) is 0 Å². The summed E-state index contributed by atoms with van der Waals surface area (Å²) >= 11 is 0. The van der Waals surface area contributed by atoms with Gasteiger partial charge in [-0.05, 0) is 44.0 Å². The van der Waals surface area contributed by atoms with E-state index in [1.165, 1.54) is 0 Å². The molecule has 0 fully saturated rings. The van der Waals surface area contributed by atoms with Gasteiger partial charge in [0.05, 0.1) is 12.6 Å². The first-order chi connectivity index (χ1) is 9.08. The predicted octanol–water partition coefficient (Wildman–Crippen LogP) is 2.63. The van der Waals surface area contributed by atoms with Crippen molar-refractivity contribution in [3.05, 3.63) is 47.5 Å². The van der Waals surface area contributed by atoms with Gasteiger partial charge in [-0.3, -0.25) is 0 Å². The van der Waals surface area contributed by atoms with Crippen LogP contribution in [0.1, 0.15) is 30.0 Å². The van der Waals surface area contributed by atoms with E-state index in [1.54, 1.807) is 13.1 Å². The van der Waals surface area contributed by atoms with E-state index >= 15 is 0 Å². The van der Waals surface area contributed by atoms with E-state index < -0.39 is 6.10 Å². The van der Waals surface area contributed by atoms with E-state index in [0.717, 1.165) is 29.2 Å². The molecule has 2 rings (SSSR count). The number of imidazole rings is 1. The smallest absolute Gasteiger partial charge is 0.122 e. The molecule has 1 aromatic heterocycles. The van der Waals surface area contributed by atoms with Crippen LogP contribution in [0, 0.1) is 13.8 Å². The zero-order chi connectivity index (χ0) is 13.8. The maximum Gasteiger partial charge on any atom is 0.122 e. The molecule has 0 radical (unpaired) electrons. The van der Waals surface area contributed by atoms with Gasteiger partial charge in [0.1, 0.15) is 18.2 Å². The molecule has 0 amide bonds. The lowest BCUT2D eigenvalue weighted by Crippen LogP contribution is -2.09. The SMILES string of the molecule is Cc1cc([C@@H](C)O)ccc1OCCn1ccnc1C. The van der Waals surface area contributed by atoms with Gasteiger partial charge in [0.25, 0.3) is 0 Å². The molecule has 0 aliphatic heterocycles. The highest BCUT2D eigenvalue weighted by Gasteiger charge is 2.05. The third-order valence-corrected chi connectivity index (χ3v) is 3.19. The van der Waals surface area contributed by atoms with Gasteiger partial charge in [-0.25, -0.2) is 4.98 Å². The first-order valence-electron chi connectivity index (χ1n) is 6.47. The zero-order valence-corrected chi connectivity index (χ0v) is 11.6. The van der Waals surface area contributed by atoms with Crippen molar-refractivity contribution < 1.29 is 9.84 Å². The number of aromatic nitrogens is 2. The van der Waals surface area contributed by atoms with Crippen LogP contribution in [-0.2, 0) is 6.54 Å². The number of hydrogen-bond donors (Lipinski definition) is 1. The largest absolute Gasteiger partial charge is 0.491 e. The van der Waals surface area contributed by atoms with Crippen LogP contribution >= 0.6 is 0 Å². The lowest BCUT2D eigenvalue weighted by Gasteiger charge is -2.12. The predicted molar refractivity (Wildman–Crippen MR) is 74.3 cm³/mol. The summed E-state index contributed by atoms with van der Waals surface area (Å²) in [6.07, 6.45) is 3.29. The Labute approximate surface area is 113 Å². The van der Waals surface area contributed by atoms with Crippen molar-refractivity contribution in [1.29, 1.82) is 0 Å². The number of rotatable bonds is 5. The molecule has 102 valence electrons. The summed E-state index contributed by atoms with van der Waals surface area (Å²) in [5.41, 5.74) is 1.95. The number of aryl methyl sites for hydroxylation is 2. The Hall–Kier alpha value is -1.81. The fraction of sp³-hybridized carbons (Fsp3) is 0.400. The topological polar surface area (TPSA) is 47.3 Å². The summed E-state index contributed by atoms with van der Waals surface area (Å²) in [7, 11) is 0. The lowest BCUT2D eigenvalue weighted by molar-refractivity contribution is 0.199. The number of ether oxygens (including phenoxy) is 1. The van der Waals surface area contributed by atoms with Crippen molar-refractivity contribution in [3.63, 3.8) is 0 Å². The summed E-state index contributed by atoms with van der Waals surface area (Å²) in [6, 6.07) is 5.77. The van der Waals surface area contributed by atoms with Gasteiger partial charge in [0.2, 0.25) is 0 Å². The molecular weight excluding hydrogens is 240 g/mol. The Bertz CT molecular complexity index is 547. The maximum absolute atomic E-state index is 9.52. The van der Waals surface area contributed by atoms with Gasteiger partial charge in [0, 0.05) is 12.4 Å². The third-order valence-electron chi connectivity index (χ3n) is 3.19. The number of benzene rings is 1. The second kappa shape index (κ2) is 5.89. The normalized spacial score (nSPS) is 12.4. The average molecular weight is 260 g/mol. The van der Waals surface area contributed by atoms with Gasteiger partial charge < -0.3 is 14.4 Å². The van der Waals surface area contributed by atoms with Crippen LogP contribution in [0.3, 0.4) is 0 Å². The zero-order valence-electron chi connectivity index (χ0n) is 11.6. The van der Waals surface area contributed by atoms with E-state index in [0.29, 0.717) is 6.61 Å². The molecule has 1 N–H and O–H groups in total. The fourth-order valence-electron chi connectivity index (χ4n) is 1.99. The van der Waals surface area contributed by atoms with Crippen LogP contribution in [0.5, 0.6) is 5.75 Å². The molecule has 0 spiro atoms. The minimum atomic E-state index is -0.443. The van der Waals surface area contributed by atoms with Crippen LogP contribution in [0.2, 0.25) is 0 Å². The van der Waals surface area contributed by atoms with Gasteiger partial charge >= 0.3 is 0 Å². The van der Waals surface area contributed by atoms with E-state index in [-0.39, 0.29) is 0 Å². The van der Waals surface area contributed by atoms with Gasteiger partial charge in [-0.1, -0.05) is 6.07 Å². The summed E-state index contributed by atoms with van der Waals surface area (Å²) in [5, 5.41) is 9.52. The van der Waals surface area contributed by atoms with Crippen LogP contribution < -0.4 is 4.74 Å². The number of aliphatic hydroxyl groups excluding tert-OH is 1. The maximum atomic E-state index is 9.52. The molecule has 2 aromatic rings. The lowest BCUT2D eigenvalue weighted by atomic mass is 10.1. The minimum Gasteiger partial charge on any atom is -0.491 e. The minimum absolute atomic E-state index is 0.443. The second-order valence-electron chi connectivity index (χ2n) is 4.72. The highest BCUT2D eigenvalue weighted by molar-refractivity contribution is 5.36. The summed E-state index contributed by atoms with van der Waals surface area (Å²) in [6.45, 7) is 7.11. The molecule has 0 aliphatic rings. The highest BCUT2D eigenvalue weighted by Crippen LogP contribution is 2.22. The Morgan fingerprint density at radius 3 is 2.74 bits per heavy atom. The Kier molecular flexibility index (Phi) is 4.22.